The molecule has 4 N–H and O–H groups in total. The van der Waals surface area contributed by atoms with Gasteiger partial charge in [0.25, 0.3) is 0 Å². The van der Waals surface area contributed by atoms with Crippen molar-refractivity contribution in [3.05, 3.63) is 12.2 Å². The Balaban J connectivity index is 3.98. The first-order chi connectivity index (χ1) is 26.8. The normalized spacial score (nSPS) is 12.5. The van der Waals surface area contributed by atoms with Gasteiger partial charge in [0.15, 0.2) is 0 Å². The lowest BCUT2D eigenvalue weighted by atomic mass is 10.0. The topological polar surface area (TPSA) is 142 Å². The average molecular weight is 779 g/mol. The van der Waals surface area contributed by atoms with Crippen molar-refractivity contribution in [2.75, 3.05) is 13.2 Å². The maximum absolute atomic E-state index is 12.7. The zero-order chi connectivity index (χ0) is 40.5. The molecule has 0 spiro atoms. The summed E-state index contributed by atoms with van der Waals surface area (Å²) in [4.78, 5) is 47.5. The van der Waals surface area contributed by atoms with Crippen molar-refractivity contribution in [3.8, 4) is 0 Å². The zero-order valence-corrected chi connectivity index (χ0v) is 35.7. The summed E-state index contributed by atoms with van der Waals surface area (Å²) >= 11 is 0. The highest BCUT2D eigenvalue weighted by Crippen LogP contribution is 2.17. The van der Waals surface area contributed by atoms with Crippen LogP contribution in [0.4, 0.5) is 0 Å². The number of allylic oxidation sites excluding steroid dienone is 1. The van der Waals surface area contributed by atoms with E-state index in [2.05, 4.69) is 36.6 Å². The predicted octanol–water partition coefficient (Wildman–Crippen LogP) is 11.4. The molecule has 0 heterocycles. The molecule has 9 heteroatoms. The molecule has 0 aliphatic heterocycles. The number of aliphatic hydroxyl groups excluding tert-OH is 1. The Kier molecular flexibility index (Phi) is 39.4. The van der Waals surface area contributed by atoms with Gasteiger partial charge in [-0.1, -0.05) is 187 Å². The molecule has 0 aromatic heterocycles. The van der Waals surface area contributed by atoms with Crippen molar-refractivity contribution in [2.24, 2.45) is 0 Å². The van der Waals surface area contributed by atoms with E-state index in [0.29, 0.717) is 12.8 Å². The summed E-state index contributed by atoms with van der Waals surface area (Å²) in [7, 11) is 0. The molecule has 0 bridgehead atoms. The molecule has 55 heavy (non-hydrogen) atoms. The minimum absolute atomic E-state index is 0.108. The molecule has 0 aliphatic rings. The third kappa shape index (κ3) is 38.2. The van der Waals surface area contributed by atoms with Crippen LogP contribution >= 0.6 is 0 Å². The van der Waals surface area contributed by atoms with Crippen molar-refractivity contribution in [3.63, 3.8) is 0 Å². The fourth-order valence-corrected chi connectivity index (χ4v) is 6.92. The standard InChI is InChI=1S/C46H86N2O7/c1-3-5-7-9-11-12-13-14-15-16-17-18-19-20-21-22-23-24-25-26-28-34-38-45(52)55-41(35-31-27-10-8-6-4-2)36-32-29-30-33-37-43(50)47-39-44(51)48-42(40-49)46(53)54/h31,35,41-42,49H,3-30,32-34,36-40H2,1-2H3,(H,47,50)(H,48,51)(H,53,54)/b35-31-. The first-order valence-electron chi connectivity index (χ1n) is 23.1. The van der Waals surface area contributed by atoms with Crippen LogP contribution in [-0.2, 0) is 23.9 Å². The van der Waals surface area contributed by atoms with E-state index in [-0.39, 0.29) is 30.9 Å². The third-order valence-corrected chi connectivity index (χ3v) is 10.5. The predicted molar refractivity (Wildman–Crippen MR) is 227 cm³/mol. The molecular weight excluding hydrogens is 693 g/mol. The zero-order valence-electron chi connectivity index (χ0n) is 35.7. The number of unbranched alkanes of at least 4 members (excludes halogenated alkanes) is 28. The quantitative estimate of drug-likeness (QED) is 0.0274. The van der Waals surface area contributed by atoms with E-state index in [0.717, 1.165) is 51.4 Å². The second kappa shape index (κ2) is 41.2. The van der Waals surface area contributed by atoms with Crippen LogP contribution in [0.15, 0.2) is 12.2 Å². The van der Waals surface area contributed by atoms with E-state index in [1.165, 1.54) is 148 Å². The summed E-state index contributed by atoms with van der Waals surface area (Å²) < 4.78 is 5.89. The molecule has 0 saturated carbocycles. The van der Waals surface area contributed by atoms with Crippen molar-refractivity contribution in [1.82, 2.24) is 10.6 Å². The van der Waals surface area contributed by atoms with Crippen molar-refractivity contribution < 1.29 is 34.1 Å². The molecule has 0 rings (SSSR count). The van der Waals surface area contributed by atoms with Gasteiger partial charge in [0.05, 0.1) is 13.2 Å². The Morgan fingerprint density at radius 3 is 1.42 bits per heavy atom. The van der Waals surface area contributed by atoms with Gasteiger partial charge in [0.1, 0.15) is 12.1 Å². The number of aliphatic carboxylic acids is 1. The molecule has 0 radical (unpaired) electrons. The van der Waals surface area contributed by atoms with E-state index in [1.807, 2.05) is 0 Å². The number of carbonyl (C=O) groups excluding carboxylic acids is 3. The molecule has 0 aromatic rings. The second-order valence-electron chi connectivity index (χ2n) is 15.9. The summed E-state index contributed by atoms with van der Waals surface area (Å²) in [6.07, 6.45) is 44.3. The maximum atomic E-state index is 12.7. The number of carboxylic acid groups (broad SMARTS) is 1. The summed E-state index contributed by atoms with van der Waals surface area (Å²) in [5.41, 5.74) is 0. The number of nitrogens with one attached hydrogen (secondary N) is 2. The van der Waals surface area contributed by atoms with Gasteiger partial charge in [-0.25, -0.2) is 4.79 Å². The number of ether oxygens (including phenoxy) is 1. The Morgan fingerprint density at radius 1 is 0.545 bits per heavy atom. The van der Waals surface area contributed by atoms with E-state index >= 15 is 0 Å². The summed E-state index contributed by atoms with van der Waals surface area (Å²) in [5, 5.41) is 22.5. The van der Waals surface area contributed by atoms with Crippen LogP contribution < -0.4 is 10.6 Å². The fraction of sp³-hybridized carbons (Fsp3) is 0.870. The van der Waals surface area contributed by atoms with E-state index < -0.39 is 24.5 Å². The lowest BCUT2D eigenvalue weighted by Gasteiger charge is -2.15. The van der Waals surface area contributed by atoms with Crippen LogP contribution in [-0.4, -0.2) is 59.3 Å². The molecule has 0 fully saturated rings. The number of hydrogen-bond acceptors (Lipinski definition) is 6. The van der Waals surface area contributed by atoms with E-state index in [4.69, 9.17) is 14.9 Å². The molecule has 2 atom stereocenters. The van der Waals surface area contributed by atoms with Crippen molar-refractivity contribution >= 4 is 23.8 Å². The second-order valence-corrected chi connectivity index (χ2v) is 15.9. The number of rotatable bonds is 42. The summed E-state index contributed by atoms with van der Waals surface area (Å²) in [5.74, 6) is -2.38. The highest BCUT2D eigenvalue weighted by atomic mass is 16.5. The van der Waals surface area contributed by atoms with Gasteiger partial charge in [-0.05, 0) is 44.6 Å². The highest BCUT2D eigenvalue weighted by Gasteiger charge is 2.18. The molecule has 2 unspecified atom stereocenters. The number of carbonyl (C=O) groups is 4. The van der Waals surface area contributed by atoms with Crippen molar-refractivity contribution in [1.29, 1.82) is 0 Å². The molecule has 0 aromatic carbocycles. The fourth-order valence-electron chi connectivity index (χ4n) is 6.92. The Morgan fingerprint density at radius 2 is 0.964 bits per heavy atom. The minimum Gasteiger partial charge on any atom is -0.480 e. The lowest BCUT2D eigenvalue weighted by molar-refractivity contribution is -0.147. The number of carboxylic acids is 1. The van der Waals surface area contributed by atoms with E-state index in [1.54, 1.807) is 0 Å². The third-order valence-electron chi connectivity index (χ3n) is 10.5. The van der Waals surface area contributed by atoms with Gasteiger partial charge in [0.2, 0.25) is 11.8 Å². The molecular formula is C46H86N2O7. The van der Waals surface area contributed by atoms with Gasteiger partial charge in [0, 0.05) is 12.8 Å². The first kappa shape index (κ1) is 52.6. The van der Waals surface area contributed by atoms with Crippen LogP contribution in [0.25, 0.3) is 0 Å². The largest absolute Gasteiger partial charge is 0.480 e. The maximum Gasteiger partial charge on any atom is 0.328 e. The van der Waals surface area contributed by atoms with Crippen LogP contribution in [0.5, 0.6) is 0 Å². The average Bonchev–Trinajstić information content (AvgIpc) is 3.17. The molecule has 2 amide bonds. The lowest BCUT2D eigenvalue weighted by Crippen LogP contribution is -2.47. The van der Waals surface area contributed by atoms with Crippen LogP contribution in [0, 0.1) is 0 Å². The van der Waals surface area contributed by atoms with Gasteiger partial charge >= 0.3 is 11.9 Å². The van der Waals surface area contributed by atoms with Crippen LogP contribution in [0.3, 0.4) is 0 Å². The monoisotopic (exact) mass is 779 g/mol. The SMILES string of the molecule is CCCCCC/C=C\C(CCCCCCC(=O)NCC(=O)NC(CO)C(=O)O)OC(=O)CCCCCCCCCCCCCCCCCCCCCCCC. The number of hydrogen-bond donors (Lipinski definition) is 4. The Labute approximate surface area is 337 Å². The summed E-state index contributed by atoms with van der Waals surface area (Å²) in [6, 6.07) is -1.39. The van der Waals surface area contributed by atoms with Crippen LogP contribution in [0.1, 0.15) is 232 Å². The van der Waals surface area contributed by atoms with Crippen molar-refractivity contribution in [2.45, 2.75) is 244 Å². The highest BCUT2D eigenvalue weighted by molar-refractivity contribution is 5.87. The molecule has 0 saturated heterocycles. The number of esters is 1. The Hall–Kier alpha value is -2.42. The van der Waals surface area contributed by atoms with Gasteiger partial charge in [-0.15, -0.1) is 0 Å². The van der Waals surface area contributed by atoms with E-state index in [9.17, 15) is 19.2 Å². The van der Waals surface area contributed by atoms with Gasteiger partial charge in [-0.2, -0.15) is 0 Å². The summed E-state index contributed by atoms with van der Waals surface area (Å²) in [6.45, 7) is 3.44. The van der Waals surface area contributed by atoms with Gasteiger partial charge < -0.3 is 25.6 Å². The molecule has 0 aliphatic carbocycles. The van der Waals surface area contributed by atoms with Gasteiger partial charge in [-0.3, -0.25) is 14.4 Å². The van der Waals surface area contributed by atoms with Crippen LogP contribution in [0.2, 0.25) is 0 Å². The number of amides is 2. The number of aliphatic hydroxyl groups is 1. The molecule has 322 valence electrons. The first-order valence-corrected chi connectivity index (χ1v) is 23.1. The smallest absolute Gasteiger partial charge is 0.328 e. The minimum atomic E-state index is -1.39. The Bertz CT molecular complexity index is 941. The molecule has 9 nitrogen and oxygen atoms in total.